The Bertz CT molecular complexity index is 1130. The summed E-state index contributed by atoms with van der Waals surface area (Å²) >= 11 is 5.68. The van der Waals surface area contributed by atoms with Gasteiger partial charge in [0.15, 0.2) is 0 Å². The molecule has 1 saturated heterocycles. The van der Waals surface area contributed by atoms with Gasteiger partial charge in [-0.3, -0.25) is 14.5 Å². The number of anilines is 1. The smallest absolute Gasteiger partial charge is 0.325 e. The van der Waals surface area contributed by atoms with Gasteiger partial charge in [0.2, 0.25) is 5.91 Å². The molecule has 9 heteroatoms. The van der Waals surface area contributed by atoms with Crippen molar-refractivity contribution in [1.29, 1.82) is 0 Å². The summed E-state index contributed by atoms with van der Waals surface area (Å²) in [4.78, 5) is 41.1. The number of amides is 4. The Morgan fingerprint density at radius 1 is 1.21 bits per heavy atom. The minimum atomic E-state index is -0.755. The van der Waals surface area contributed by atoms with Crippen LogP contribution < -0.4 is 10.6 Å². The predicted octanol–water partition coefficient (Wildman–Crippen LogP) is 3.06. The molecule has 1 aliphatic rings. The Labute approximate surface area is 169 Å². The zero-order chi connectivity index (χ0) is 20.5. The number of rotatable bonds is 5. The number of imide groups is 1. The van der Waals surface area contributed by atoms with Crippen molar-refractivity contribution in [2.24, 2.45) is 0 Å². The summed E-state index contributed by atoms with van der Waals surface area (Å²) in [6.45, 7) is -0.454. The number of nitrogens with zero attached hydrogens (tertiary/aromatic N) is 1. The molecule has 1 aliphatic heterocycles. The van der Waals surface area contributed by atoms with Gasteiger partial charge in [0.05, 0.1) is 5.02 Å². The lowest BCUT2D eigenvalue weighted by Gasteiger charge is -2.13. The fourth-order valence-corrected chi connectivity index (χ4v) is 3.48. The van der Waals surface area contributed by atoms with E-state index in [0.29, 0.717) is 6.42 Å². The molecule has 0 bridgehead atoms. The average Bonchev–Trinajstić information content (AvgIpc) is 3.21. The van der Waals surface area contributed by atoms with Crippen LogP contribution in [0.4, 0.5) is 14.9 Å². The second kappa shape index (κ2) is 7.56. The number of hydrogen-bond donors (Lipinski definition) is 3. The average molecular weight is 415 g/mol. The molecule has 4 rings (SSSR count). The molecule has 1 aromatic heterocycles. The van der Waals surface area contributed by atoms with Crippen molar-refractivity contribution in [3.8, 4) is 0 Å². The lowest BCUT2D eigenvalue weighted by molar-refractivity contribution is -0.130. The highest BCUT2D eigenvalue weighted by atomic mass is 35.5. The third-order valence-electron chi connectivity index (χ3n) is 4.71. The van der Waals surface area contributed by atoms with Gasteiger partial charge in [-0.05, 0) is 29.8 Å². The molecule has 2 aromatic carbocycles. The first-order chi connectivity index (χ1) is 13.9. The van der Waals surface area contributed by atoms with Crippen LogP contribution in [0.3, 0.4) is 0 Å². The fourth-order valence-electron chi connectivity index (χ4n) is 3.30. The van der Waals surface area contributed by atoms with E-state index < -0.39 is 36.2 Å². The quantitative estimate of drug-likeness (QED) is 0.560. The van der Waals surface area contributed by atoms with Crippen molar-refractivity contribution in [2.75, 3.05) is 11.9 Å². The molecule has 1 fully saturated rings. The Kier molecular flexibility index (Phi) is 4.94. The second-order valence-corrected chi connectivity index (χ2v) is 7.07. The standard InChI is InChI=1S/C20H16ClFN4O3/c21-14-8-12(5-6-15(14)22)24-18(27)10-26-19(28)17(25-20(26)29)7-11-9-23-16-4-2-1-3-13(11)16/h1-6,8-9,17,23H,7,10H2,(H,24,27)(H,25,29). The Morgan fingerprint density at radius 3 is 2.79 bits per heavy atom. The number of aromatic amines is 1. The summed E-state index contributed by atoms with van der Waals surface area (Å²) in [5, 5.41) is 5.94. The highest BCUT2D eigenvalue weighted by Gasteiger charge is 2.39. The summed E-state index contributed by atoms with van der Waals surface area (Å²) in [6.07, 6.45) is 2.11. The van der Waals surface area contributed by atoms with E-state index in [1.807, 2.05) is 24.3 Å². The summed E-state index contributed by atoms with van der Waals surface area (Å²) in [6, 6.07) is 9.97. The maximum absolute atomic E-state index is 13.2. The van der Waals surface area contributed by atoms with Gasteiger partial charge in [0, 0.05) is 29.2 Å². The first-order valence-corrected chi connectivity index (χ1v) is 9.22. The van der Waals surface area contributed by atoms with E-state index in [2.05, 4.69) is 15.6 Å². The number of H-pyrrole nitrogens is 1. The van der Waals surface area contributed by atoms with E-state index >= 15 is 0 Å². The predicted molar refractivity (Wildman–Crippen MR) is 106 cm³/mol. The summed E-state index contributed by atoms with van der Waals surface area (Å²) in [7, 11) is 0. The molecule has 2 heterocycles. The molecule has 4 amide bonds. The first-order valence-electron chi connectivity index (χ1n) is 8.84. The molecule has 1 unspecified atom stereocenters. The first kappa shape index (κ1) is 18.9. The number of aromatic nitrogens is 1. The Balaban J connectivity index is 1.42. The molecule has 0 spiro atoms. The van der Waals surface area contributed by atoms with Crippen molar-refractivity contribution < 1.29 is 18.8 Å². The van der Waals surface area contributed by atoms with Crippen LogP contribution in [0.15, 0.2) is 48.7 Å². The normalized spacial score (nSPS) is 16.3. The largest absolute Gasteiger partial charge is 0.361 e. The highest BCUT2D eigenvalue weighted by molar-refractivity contribution is 6.31. The van der Waals surface area contributed by atoms with Crippen LogP contribution in [0.5, 0.6) is 0 Å². The summed E-state index contributed by atoms with van der Waals surface area (Å²) in [5.41, 5.74) is 2.10. The monoisotopic (exact) mass is 414 g/mol. The topological polar surface area (TPSA) is 94.3 Å². The fraction of sp³-hybridized carbons (Fsp3) is 0.150. The Hall–Kier alpha value is -3.39. The third kappa shape index (κ3) is 3.79. The molecular formula is C20H16ClFN4O3. The molecule has 3 aromatic rings. The summed E-state index contributed by atoms with van der Waals surface area (Å²) < 4.78 is 13.2. The third-order valence-corrected chi connectivity index (χ3v) is 5.00. The van der Waals surface area contributed by atoms with E-state index in [9.17, 15) is 18.8 Å². The van der Waals surface area contributed by atoms with E-state index in [4.69, 9.17) is 11.6 Å². The molecule has 29 heavy (non-hydrogen) atoms. The number of halogens is 2. The lowest BCUT2D eigenvalue weighted by Crippen LogP contribution is -2.38. The van der Waals surface area contributed by atoms with Crippen molar-refractivity contribution >= 4 is 46.0 Å². The lowest BCUT2D eigenvalue weighted by atomic mass is 10.1. The van der Waals surface area contributed by atoms with Gasteiger partial charge in [-0.1, -0.05) is 29.8 Å². The van der Waals surface area contributed by atoms with Crippen LogP contribution in [0.2, 0.25) is 5.02 Å². The zero-order valence-electron chi connectivity index (χ0n) is 15.0. The number of carbonyl (C=O) groups is 3. The molecule has 7 nitrogen and oxygen atoms in total. The van der Waals surface area contributed by atoms with E-state index in [-0.39, 0.29) is 10.7 Å². The molecule has 1 atom stereocenters. The number of fused-ring (bicyclic) bond motifs is 1. The van der Waals surface area contributed by atoms with Crippen LogP contribution in [0, 0.1) is 5.82 Å². The van der Waals surface area contributed by atoms with E-state index in [0.717, 1.165) is 27.4 Å². The maximum atomic E-state index is 13.2. The maximum Gasteiger partial charge on any atom is 0.325 e. The van der Waals surface area contributed by atoms with Crippen molar-refractivity contribution in [3.63, 3.8) is 0 Å². The number of urea groups is 1. The molecule has 3 N–H and O–H groups in total. The van der Waals surface area contributed by atoms with Gasteiger partial charge in [-0.2, -0.15) is 0 Å². The van der Waals surface area contributed by atoms with E-state index in [1.165, 1.54) is 12.1 Å². The molecule has 0 saturated carbocycles. The SMILES string of the molecule is O=C(CN1C(=O)NC(Cc2c[nH]c3ccccc23)C1=O)Nc1ccc(F)c(Cl)c1. The van der Waals surface area contributed by atoms with Gasteiger partial charge in [0.1, 0.15) is 18.4 Å². The van der Waals surface area contributed by atoms with Crippen LogP contribution in [-0.4, -0.2) is 40.3 Å². The molecule has 0 radical (unpaired) electrons. The highest BCUT2D eigenvalue weighted by Crippen LogP contribution is 2.22. The van der Waals surface area contributed by atoms with Crippen LogP contribution in [0.1, 0.15) is 5.56 Å². The van der Waals surface area contributed by atoms with Gasteiger partial charge >= 0.3 is 6.03 Å². The number of carbonyl (C=O) groups excluding carboxylic acids is 3. The Morgan fingerprint density at radius 2 is 2.00 bits per heavy atom. The molecular weight excluding hydrogens is 399 g/mol. The number of benzene rings is 2. The number of hydrogen-bond acceptors (Lipinski definition) is 3. The van der Waals surface area contributed by atoms with Crippen LogP contribution >= 0.6 is 11.6 Å². The van der Waals surface area contributed by atoms with Crippen molar-refractivity contribution in [3.05, 3.63) is 65.1 Å². The van der Waals surface area contributed by atoms with Crippen LogP contribution in [-0.2, 0) is 16.0 Å². The van der Waals surface area contributed by atoms with E-state index in [1.54, 1.807) is 6.20 Å². The van der Waals surface area contributed by atoms with Crippen molar-refractivity contribution in [2.45, 2.75) is 12.5 Å². The minimum Gasteiger partial charge on any atom is -0.361 e. The van der Waals surface area contributed by atoms with Gasteiger partial charge < -0.3 is 15.6 Å². The minimum absolute atomic E-state index is 0.142. The molecule has 0 aliphatic carbocycles. The van der Waals surface area contributed by atoms with Gasteiger partial charge in [-0.15, -0.1) is 0 Å². The van der Waals surface area contributed by atoms with Crippen molar-refractivity contribution in [1.82, 2.24) is 15.2 Å². The number of para-hydroxylation sites is 1. The van der Waals surface area contributed by atoms with Gasteiger partial charge in [-0.25, -0.2) is 9.18 Å². The molecule has 148 valence electrons. The number of nitrogens with one attached hydrogen (secondary N) is 3. The second-order valence-electron chi connectivity index (χ2n) is 6.67. The van der Waals surface area contributed by atoms with Gasteiger partial charge in [0.25, 0.3) is 5.91 Å². The van der Waals surface area contributed by atoms with Crippen LogP contribution in [0.25, 0.3) is 10.9 Å². The summed E-state index contributed by atoms with van der Waals surface area (Å²) in [5.74, 6) is -1.68. The zero-order valence-corrected chi connectivity index (χ0v) is 15.8.